The average Bonchev–Trinajstić information content (AvgIpc) is 2.41. The van der Waals surface area contributed by atoms with E-state index < -0.39 is 44.7 Å². The maximum atomic E-state index is 12.4. The van der Waals surface area contributed by atoms with Gasteiger partial charge in [0.25, 0.3) is 9.70 Å². The second-order valence-corrected chi connectivity index (χ2v) is 8.76. The van der Waals surface area contributed by atoms with Crippen molar-refractivity contribution in [2.45, 2.75) is 55.7 Å². The number of carbonyl (C=O) groups is 4. The summed E-state index contributed by atoms with van der Waals surface area (Å²) in [4.78, 5) is 48.6. The molecule has 0 aromatic rings. The molecular weight excluding hydrogens is 399 g/mol. The molecule has 0 aromatic carbocycles. The molecule has 144 valence electrons. The lowest BCUT2D eigenvalue weighted by atomic mass is 9.95. The van der Waals surface area contributed by atoms with Gasteiger partial charge in [0.1, 0.15) is 5.60 Å². The zero-order valence-electron chi connectivity index (χ0n) is 14.6. The highest BCUT2D eigenvalue weighted by atomic mass is 35.6. The van der Waals surface area contributed by atoms with Gasteiger partial charge in [-0.2, -0.15) is 0 Å². The number of likely N-dealkylation sites (N-methyl/N-ethyl adjacent to an activating group) is 1. The maximum Gasteiger partial charge on any atom is 0.346 e. The standard InChI is InChI=1S/C14H21Cl3N2O6/c1-7(19(6)11(23)18-9(21)14(15,16)17)8(20)13(5,24)10(22)25-12(2,3)4/h7,24H,1-6H3,(H,18,21,23)/t7-,13-/m0/s1. The Morgan fingerprint density at radius 2 is 1.52 bits per heavy atom. The highest BCUT2D eigenvalue weighted by Gasteiger charge is 2.46. The number of esters is 1. The molecule has 0 aliphatic rings. The van der Waals surface area contributed by atoms with Gasteiger partial charge in [-0.25, -0.2) is 9.59 Å². The van der Waals surface area contributed by atoms with E-state index in [-0.39, 0.29) is 0 Å². The molecule has 3 amide bonds. The van der Waals surface area contributed by atoms with Crippen molar-refractivity contribution in [1.29, 1.82) is 0 Å². The minimum absolute atomic E-state index is 0.773. The summed E-state index contributed by atoms with van der Waals surface area (Å²) < 4.78 is 2.62. The zero-order valence-corrected chi connectivity index (χ0v) is 16.9. The number of carbonyl (C=O) groups excluding carboxylic acids is 4. The number of hydrogen-bond donors (Lipinski definition) is 2. The van der Waals surface area contributed by atoms with Gasteiger partial charge in [-0.3, -0.25) is 14.9 Å². The number of hydrogen-bond acceptors (Lipinski definition) is 6. The lowest BCUT2D eigenvalue weighted by Gasteiger charge is -2.31. The van der Waals surface area contributed by atoms with Crippen molar-refractivity contribution in [3.63, 3.8) is 0 Å². The fourth-order valence-electron chi connectivity index (χ4n) is 1.49. The van der Waals surface area contributed by atoms with E-state index in [9.17, 15) is 24.3 Å². The molecule has 0 rings (SSSR count). The minimum Gasteiger partial charge on any atom is -0.457 e. The number of alkyl halides is 3. The Balaban J connectivity index is 5.16. The summed E-state index contributed by atoms with van der Waals surface area (Å²) in [5.41, 5.74) is -3.43. The van der Waals surface area contributed by atoms with E-state index in [1.807, 2.05) is 0 Å². The quantitative estimate of drug-likeness (QED) is 0.406. The first kappa shape index (κ1) is 23.9. The molecule has 0 saturated carbocycles. The van der Waals surface area contributed by atoms with Crippen LogP contribution in [0.1, 0.15) is 34.6 Å². The summed E-state index contributed by atoms with van der Waals surface area (Å²) in [6, 6.07) is -2.34. The number of ketones is 1. The van der Waals surface area contributed by atoms with Gasteiger partial charge in [-0.1, -0.05) is 34.8 Å². The van der Waals surface area contributed by atoms with E-state index in [0.29, 0.717) is 0 Å². The van der Waals surface area contributed by atoms with E-state index in [2.05, 4.69) is 0 Å². The molecule has 0 fully saturated rings. The highest BCUT2D eigenvalue weighted by molar-refractivity contribution is 6.76. The van der Waals surface area contributed by atoms with Gasteiger partial charge in [0, 0.05) is 7.05 Å². The number of rotatable bonds is 4. The molecule has 0 aromatic heterocycles. The molecule has 0 radical (unpaired) electrons. The molecule has 0 aliphatic heterocycles. The molecule has 2 atom stereocenters. The van der Waals surface area contributed by atoms with Crippen LogP contribution in [-0.2, 0) is 19.1 Å². The summed E-state index contributed by atoms with van der Waals surface area (Å²) in [7, 11) is 1.16. The minimum atomic E-state index is -2.50. The Morgan fingerprint density at radius 3 is 1.88 bits per heavy atom. The van der Waals surface area contributed by atoms with E-state index in [0.717, 1.165) is 18.9 Å². The number of nitrogens with zero attached hydrogens (tertiary/aromatic N) is 1. The third kappa shape index (κ3) is 6.97. The smallest absolute Gasteiger partial charge is 0.346 e. The zero-order chi connectivity index (χ0) is 20.4. The highest BCUT2D eigenvalue weighted by Crippen LogP contribution is 2.26. The predicted molar refractivity (Wildman–Crippen MR) is 92.5 cm³/mol. The first-order valence-electron chi connectivity index (χ1n) is 7.06. The van der Waals surface area contributed by atoms with E-state index >= 15 is 0 Å². The molecule has 0 aliphatic carbocycles. The van der Waals surface area contributed by atoms with Gasteiger partial charge in [0.05, 0.1) is 6.04 Å². The molecule has 0 heterocycles. The van der Waals surface area contributed by atoms with Crippen molar-refractivity contribution in [2.24, 2.45) is 0 Å². The molecule has 0 spiro atoms. The molecule has 11 heteroatoms. The summed E-state index contributed by atoms with van der Waals surface area (Å²) in [6.07, 6.45) is 0. The van der Waals surface area contributed by atoms with Crippen molar-refractivity contribution < 1.29 is 29.0 Å². The third-order valence-corrected chi connectivity index (χ3v) is 3.55. The molecule has 8 nitrogen and oxygen atoms in total. The van der Waals surface area contributed by atoms with Gasteiger partial charge in [-0.15, -0.1) is 0 Å². The fraction of sp³-hybridized carbons (Fsp3) is 0.714. The van der Waals surface area contributed by atoms with Crippen LogP contribution in [0.3, 0.4) is 0 Å². The van der Waals surface area contributed by atoms with Crippen LogP contribution in [0.15, 0.2) is 0 Å². The van der Waals surface area contributed by atoms with E-state index in [4.69, 9.17) is 39.5 Å². The summed E-state index contributed by atoms with van der Waals surface area (Å²) in [5.74, 6) is -3.39. The number of amides is 3. The van der Waals surface area contributed by atoms with Gasteiger partial charge < -0.3 is 14.7 Å². The van der Waals surface area contributed by atoms with E-state index in [1.165, 1.54) is 6.92 Å². The first-order valence-corrected chi connectivity index (χ1v) is 8.19. The van der Waals surface area contributed by atoms with Crippen molar-refractivity contribution in [3.8, 4) is 0 Å². The fourth-order valence-corrected chi connectivity index (χ4v) is 1.63. The van der Waals surface area contributed by atoms with Crippen LogP contribution in [0, 0.1) is 0 Å². The largest absolute Gasteiger partial charge is 0.457 e. The van der Waals surface area contributed by atoms with Crippen molar-refractivity contribution >= 4 is 58.5 Å². The van der Waals surface area contributed by atoms with Crippen molar-refractivity contribution in [1.82, 2.24) is 10.2 Å². The van der Waals surface area contributed by atoms with Crippen LogP contribution in [0.25, 0.3) is 0 Å². The van der Waals surface area contributed by atoms with Gasteiger partial charge in [0.15, 0.2) is 5.78 Å². The number of urea groups is 1. The molecule has 25 heavy (non-hydrogen) atoms. The monoisotopic (exact) mass is 418 g/mol. The van der Waals surface area contributed by atoms with Gasteiger partial charge >= 0.3 is 12.0 Å². The summed E-state index contributed by atoms with van der Waals surface area (Å²) in [5, 5.41) is 12.0. The molecule has 0 unspecified atom stereocenters. The SMILES string of the molecule is C[C@@H](C(=O)[C@](C)(O)C(=O)OC(C)(C)C)N(C)C(=O)NC(=O)C(Cl)(Cl)Cl. The normalized spacial score (nSPS) is 15.6. The van der Waals surface area contributed by atoms with E-state index in [1.54, 1.807) is 26.1 Å². The van der Waals surface area contributed by atoms with Crippen LogP contribution < -0.4 is 5.32 Å². The lowest BCUT2D eigenvalue weighted by Crippen LogP contribution is -2.57. The topological polar surface area (TPSA) is 113 Å². The molecule has 0 bridgehead atoms. The Kier molecular flexibility index (Phi) is 7.72. The van der Waals surface area contributed by atoms with Crippen molar-refractivity contribution in [2.75, 3.05) is 7.05 Å². The first-order chi connectivity index (χ1) is 10.9. The summed E-state index contributed by atoms with van der Waals surface area (Å²) >= 11 is 16.0. The molecule has 2 N–H and O–H groups in total. The number of halogens is 3. The second-order valence-electron chi connectivity index (χ2n) is 6.48. The number of ether oxygens (including phenoxy) is 1. The van der Waals surface area contributed by atoms with Crippen LogP contribution >= 0.6 is 34.8 Å². The van der Waals surface area contributed by atoms with Gasteiger partial charge in [0.2, 0.25) is 5.60 Å². The second kappa shape index (κ2) is 8.07. The Hall–Kier alpha value is -1.09. The Bertz CT molecular complexity index is 566. The molecular formula is C14H21Cl3N2O6. The van der Waals surface area contributed by atoms with Crippen molar-refractivity contribution in [3.05, 3.63) is 0 Å². The average molecular weight is 420 g/mol. The number of imide groups is 1. The summed E-state index contributed by atoms with van der Waals surface area (Å²) in [6.45, 7) is 6.91. The maximum absolute atomic E-state index is 12.4. The number of aliphatic hydroxyl groups is 1. The third-order valence-electron chi connectivity index (χ3n) is 3.03. The molecule has 0 saturated heterocycles. The number of Topliss-reactive ketones (excluding diaryl/α,β-unsaturated/α-hetero) is 1. The Labute approximate surface area is 160 Å². The predicted octanol–water partition coefficient (Wildman–Crippen LogP) is 1.57. The van der Waals surface area contributed by atoms with Crippen LogP contribution in [-0.4, -0.2) is 61.8 Å². The van der Waals surface area contributed by atoms with Crippen LogP contribution in [0.2, 0.25) is 0 Å². The van der Waals surface area contributed by atoms with Gasteiger partial charge in [-0.05, 0) is 34.6 Å². The van der Waals surface area contributed by atoms with Crippen LogP contribution in [0.5, 0.6) is 0 Å². The lowest BCUT2D eigenvalue weighted by molar-refractivity contribution is -0.179. The number of nitrogens with one attached hydrogen (secondary N) is 1. The Morgan fingerprint density at radius 1 is 1.08 bits per heavy atom. The van der Waals surface area contributed by atoms with Crippen LogP contribution in [0.4, 0.5) is 4.79 Å².